The molecule has 0 saturated heterocycles. The van der Waals surface area contributed by atoms with E-state index >= 15 is 0 Å². The van der Waals surface area contributed by atoms with E-state index in [1.54, 1.807) is 0 Å². The molecule has 0 atom stereocenters. The summed E-state index contributed by atoms with van der Waals surface area (Å²) in [6, 6.07) is 94.3. The maximum Gasteiger partial charge on any atom is 0.179 e. The van der Waals surface area contributed by atoms with Gasteiger partial charge in [-0.3, -0.25) is 0 Å². The number of fused-ring (bicyclic) bond motifs is 6. The lowest BCUT2D eigenvalue weighted by Gasteiger charge is -2.34. The lowest BCUT2D eigenvalue weighted by molar-refractivity contribution is 1.13. The van der Waals surface area contributed by atoms with Crippen LogP contribution in [-0.2, 0) is 0 Å². The first-order valence-corrected chi connectivity index (χ1v) is 23.8. The Morgan fingerprint density at radius 1 is 0.254 bits per heavy atom. The third kappa shape index (κ3) is 5.85. The molecule has 12 aromatic rings. The molecule has 0 saturated carbocycles. The highest BCUT2D eigenvalue weighted by Crippen LogP contribution is 2.43. The number of rotatable bonds is 8. The number of hydrogen-bond donors (Lipinski definition) is 0. The minimum atomic E-state index is -2.80. The molecule has 0 amide bonds. The van der Waals surface area contributed by atoms with E-state index < -0.39 is 8.07 Å². The quantitative estimate of drug-likeness (QED) is 0.107. The van der Waals surface area contributed by atoms with Crippen LogP contribution in [0.15, 0.2) is 255 Å². The molecule has 2 aromatic heterocycles. The van der Waals surface area contributed by atoms with E-state index in [4.69, 9.17) is 0 Å². The van der Waals surface area contributed by atoms with Crippen LogP contribution in [0, 0.1) is 0 Å². The highest BCUT2D eigenvalue weighted by atomic mass is 28.3. The lowest BCUT2D eigenvalue weighted by Crippen LogP contribution is -2.74. The minimum Gasteiger partial charge on any atom is -0.307 e. The molecule has 0 radical (unpaired) electrons. The normalized spacial score (nSPS) is 11.8. The fourth-order valence-electron chi connectivity index (χ4n) is 10.4. The molecule has 296 valence electrons. The molecular weight excluding hydrogens is 777 g/mol. The average molecular weight is 819 g/mol. The first-order chi connectivity index (χ1) is 31.3. The lowest BCUT2D eigenvalue weighted by atomic mass is 10.0. The van der Waals surface area contributed by atoms with Crippen molar-refractivity contribution in [3.8, 4) is 33.6 Å². The van der Waals surface area contributed by atoms with Crippen molar-refractivity contribution < 1.29 is 0 Å². The SMILES string of the molecule is c1ccc(-c2cc(-n3c4ccccc4c4cc([Si](c5ccccc5)(c5ccccc5)c5ccccc5)ccc43)c3c(c2)c2ccccc2n3-c2ccccc2-c2ccccc2)cc1. The van der Waals surface area contributed by atoms with Crippen molar-refractivity contribution in [2.45, 2.75) is 0 Å². The number of hydrogen-bond acceptors (Lipinski definition) is 0. The molecule has 0 aliphatic carbocycles. The van der Waals surface area contributed by atoms with E-state index in [1.165, 1.54) is 86.6 Å². The molecule has 0 aliphatic heterocycles. The zero-order valence-electron chi connectivity index (χ0n) is 34.6. The zero-order chi connectivity index (χ0) is 41.7. The summed E-state index contributed by atoms with van der Waals surface area (Å²) in [5.41, 5.74) is 11.7. The minimum absolute atomic E-state index is 1.14. The summed E-state index contributed by atoms with van der Waals surface area (Å²) < 4.78 is 5.06. The Morgan fingerprint density at radius 2 is 0.714 bits per heavy atom. The molecule has 3 heteroatoms. The maximum atomic E-state index is 2.54. The average Bonchev–Trinajstić information content (AvgIpc) is 3.88. The summed E-state index contributed by atoms with van der Waals surface area (Å²) in [5, 5.41) is 10.4. The Balaban J connectivity index is 1.22. The van der Waals surface area contributed by atoms with E-state index in [0.29, 0.717) is 0 Å². The summed E-state index contributed by atoms with van der Waals surface area (Å²) >= 11 is 0. The fraction of sp³-hybridized carbons (Fsp3) is 0. The van der Waals surface area contributed by atoms with Gasteiger partial charge in [-0.05, 0) is 73.8 Å². The fourth-order valence-corrected chi connectivity index (χ4v) is 15.1. The van der Waals surface area contributed by atoms with Crippen molar-refractivity contribution in [2.24, 2.45) is 0 Å². The summed E-state index contributed by atoms with van der Waals surface area (Å²) in [6.45, 7) is 0. The van der Waals surface area contributed by atoms with Crippen molar-refractivity contribution in [1.82, 2.24) is 9.13 Å². The Morgan fingerprint density at radius 3 is 1.32 bits per heavy atom. The van der Waals surface area contributed by atoms with Gasteiger partial charge in [-0.15, -0.1) is 0 Å². The van der Waals surface area contributed by atoms with Crippen LogP contribution >= 0.6 is 0 Å². The Kier molecular flexibility index (Phi) is 8.87. The largest absolute Gasteiger partial charge is 0.307 e. The van der Waals surface area contributed by atoms with Crippen LogP contribution < -0.4 is 20.7 Å². The van der Waals surface area contributed by atoms with Crippen LogP contribution in [0.4, 0.5) is 0 Å². The van der Waals surface area contributed by atoms with Crippen molar-refractivity contribution >= 4 is 72.4 Å². The van der Waals surface area contributed by atoms with Crippen LogP contribution in [0.2, 0.25) is 0 Å². The van der Waals surface area contributed by atoms with E-state index in [2.05, 4.69) is 264 Å². The highest BCUT2D eigenvalue weighted by molar-refractivity contribution is 7.20. The molecule has 0 N–H and O–H groups in total. The van der Waals surface area contributed by atoms with E-state index in [0.717, 1.165) is 11.4 Å². The third-order valence-corrected chi connectivity index (χ3v) is 17.8. The number of para-hydroxylation sites is 3. The van der Waals surface area contributed by atoms with E-state index in [1.807, 2.05) is 0 Å². The molecular formula is C60H42N2Si. The molecule has 0 spiro atoms. The van der Waals surface area contributed by atoms with Gasteiger partial charge in [0.2, 0.25) is 0 Å². The first kappa shape index (κ1) is 36.8. The molecule has 0 fully saturated rings. The number of nitrogens with zero attached hydrogens (tertiary/aromatic N) is 2. The molecule has 0 bridgehead atoms. The van der Waals surface area contributed by atoms with Gasteiger partial charge < -0.3 is 9.13 Å². The van der Waals surface area contributed by atoms with Gasteiger partial charge in [0.1, 0.15) is 0 Å². The monoisotopic (exact) mass is 818 g/mol. The molecule has 63 heavy (non-hydrogen) atoms. The Labute approximate surface area is 368 Å². The highest BCUT2D eigenvalue weighted by Gasteiger charge is 2.41. The van der Waals surface area contributed by atoms with Crippen LogP contribution in [0.5, 0.6) is 0 Å². The Bertz CT molecular complexity index is 3500. The summed E-state index contributed by atoms with van der Waals surface area (Å²) in [6.07, 6.45) is 0. The van der Waals surface area contributed by atoms with Crippen LogP contribution in [0.1, 0.15) is 0 Å². The predicted octanol–water partition coefficient (Wildman–Crippen LogP) is 12.6. The van der Waals surface area contributed by atoms with Crippen molar-refractivity contribution in [2.75, 3.05) is 0 Å². The molecule has 12 rings (SSSR count). The van der Waals surface area contributed by atoms with E-state index in [-0.39, 0.29) is 0 Å². The van der Waals surface area contributed by atoms with Gasteiger partial charge in [-0.1, -0.05) is 218 Å². The smallest absolute Gasteiger partial charge is 0.179 e. The molecule has 2 nitrogen and oxygen atoms in total. The van der Waals surface area contributed by atoms with Crippen LogP contribution in [0.3, 0.4) is 0 Å². The van der Waals surface area contributed by atoms with Crippen molar-refractivity contribution in [1.29, 1.82) is 0 Å². The van der Waals surface area contributed by atoms with Gasteiger partial charge in [0.05, 0.1) is 33.4 Å². The zero-order valence-corrected chi connectivity index (χ0v) is 35.6. The summed E-state index contributed by atoms with van der Waals surface area (Å²) in [4.78, 5) is 0. The number of benzene rings is 10. The maximum absolute atomic E-state index is 2.80. The first-order valence-electron chi connectivity index (χ1n) is 21.8. The second kappa shape index (κ2) is 15.2. The van der Waals surface area contributed by atoms with Crippen LogP contribution in [-0.4, -0.2) is 17.2 Å². The molecule has 10 aromatic carbocycles. The van der Waals surface area contributed by atoms with Gasteiger partial charge in [0, 0.05) is 27.1 Å². The molecule has 2 heterocycles. The van der Waals surface area contributed by atoms with Gasteiger partial charge in [-0.2, -0.15) is 0 Å². The predicted molar refractivity (Wildman–Crippen MR) is 270 cm³/mol. The number of aromatic nitrogens is 2. The van der Waals surface area contributed by atoms with Gasteiger partial charge in [-0.25, -0.2) is 0 Å². The van der Waals surface area contributed by atoms with Gasteiger partial charge in [0.25, 0.3) is 0 Å². The van der Waals surface area contributed by atoms with Crippen LogP contribution in [0.25, 0.3) is 77.2 Å². The van der Waals surface area contributed by atoms with E-state index in [9.17, 15) is 0 Å². The summed E-state index contributed by atoms with van der Waals surface area (Å²) in [5.74, 6) is 0. The second-order valence-electron chi connectivity index (χ2n) is 16.4. The van der Waals surface area contributed by atoms with Gasteiger partial charge >= 0.3 is 0 Å². The standard InChI is InChI=1S/C60H42N2Si/c1-6-22-43(23-7-1)45-40-54-52-34-18-21-37-57(52)62(55-35-19-16-32-50(55)44-24-8-2-9-25-44)60(54)59(41-45)61-56-36-20-17-33-51(56)53-42-49(38-39-58(53)61)63(46-26-10-3-11-27-46,47-28-12-4-13-29-47)48-30-14-5-15-31-48/h1-42H. The Hall–Kier alpha value is -7.98. The second-order valence-corrected chi connectivity index (χ2v) is 20.2. The van der Waals surface area contributed by atoms with Crippen molar-refractivity contribution in [3.63, 3.8) is 0 Å². The third-order valence-electron chi connectivity index (χ3n) is 13.1. The van der Waals surface area contributed by atoms with Crippen molar-refractivity contribution in [3.05, 3.63) is 255 Å². The topological polar surface area (TPSA) is 9.86 Å². The van der Waals surface area contributed by atoms with Gasteiger partial charge in [0.15, 0.2) is 8.07 Å². The molecule has 0 aliphatic rings. The summed E-state index contributed by atoms with van der Waals surface area (Å²) in [7, 11) is -2.80. The molecule has 0 unspecified atom stereocenters.